The number of hydrogen-bond donors (Lipinski definition) is 1. The van der Waals surface area contributed by atoms with Crippen LogP contribution in [0.3, 0.4) is 0 Å². The molecule has 0 saturated carbocycles. The molecule has 0 unspecified atom stereocenters. The summed E-state index contributed by atoms with van der Waals surface area (Å²) in [7, 11) is 1.27. The van der Waals surface area contributed by atoms with Gasteiger partial charge in [0, 0.05) is 15.6 Å². The van der Waals surface area contributed by atoms with Crippen LogP contribution >= 0.6 is 23.3 Å². The van der Waals surface area contributed by atoms with Gasteiger partial charge in [0.05, 0.1) is 5.56 Å². The minimum atomic E-state index is -3.93. The SMILES string of the molecule is Cc1ccc(S)c(S(=O)(=O)Cl)c1C#N. The maximum absolute atomic E-state index is 11.2. The Kier molecular flexibility index (Phi) is 3.10. The van der Waals surface area contributed by atoms with Gasteiger partial charge in [-0.2, -0.15) is 5.26 Å². The normalized spacial score (nSPS) is 11.0. The number of nitrogens with zero attached hydrogens (tertiary/aromatic N) is 1. The van der Waals surface area contributed by atoms with Gasteiger partial charge in [-0.15, -0.1) is 12.6 Å². The van der Waals surface area contributed by atoms with Crippen LogP contribution in [0.4, 0.5) is 0 Å². The van der Waals surface area contributed by atoms with Crippen LogP contribution < -0.4 is 0 Å². The van der Waals surface area contributed by atoms with Gasteiger partial charge in [-0.1, -0.05) is 6.07 Å². The Morgan fingerprint density at radius 1 is 1.50 bits per heavy atom. The number of halogens is 1. The molecular weight excluding hydrogens is 242 g/mol. The molecule has 3 nitrogen and oxygen atoms in total. The van der Waals surface area contributed by atoms with Crippen molar-refractivity contribution in [3.63, 3.8) is 0 Å². The van der Waals surface area contributed by atoms with Crippen molar-refractivity contribution in [3.05, 3.63) is 23.3 Å². The van der Waals surface area contributed by atoms with Gasteiger partial charge < -0.3 is 0 Å². The average molecular weight is 248 g/mol. The van der Waals surface area contributed by atoms with E-state index in [4.69, 9.17) is 15.9 Å². The van der Waals surface area contributed by atoms with Gasteiger partial charge in [0.25, 0.3) is 9.05 Å². The molecule has 14 heavy (non-hydrogen) atoms. The fraction of sp³-hybridized carbons (Fsp3) is 0.125. The lowest BCUT2D eigenvalue weighted by Gasteiger charge is -2.05. The number of nitriles is 1. The summed E-state index contributed by atoms with van der Waals surface area (Å²) in [5.41, 5.74) is 0.608. The molecule has 0 radical (unpaired) electrons. The standard InChI is InChI=1S/C8H6ClNO2S2/c1-5-2-3-7(13)8(6(5)4-10)14(9,11)12/h2-3,13H,1H3. The molecule has 74 valence electrons. The molecule has 0 aliphatic rings. The molecule has 6 heteroatoms. The molecule has 0 aliphatic heterocycles. The van der Waals surface area contributed by atoms with Gasteiger partial charge >= 0.3 is 0 Å². The van der Waals surface area contributed by atoms with Crippen molar-refractivity contribution in [2.45, 2.75) is 16.7 Å². The zero-order chi connectivity index (χ0) is 10.9. The number of aryl methyl sites for hydroxylation is 1. The lowest BCUT2D eigenvalue weighted by atomic mass is 10.1. The van der Waals surface area contributed by atoms with Crippen LogP contribution in [0.1, 0.15) is 11.1 Å². The Morgan fingerprint density at radius 3 is 2.43 bits per heavy atom. The topological polar surface area (TPSA) is 57.9 Å². The lowest BCUT2D eigenvalue weighted by molar-refractivity contribution is 0.607. The van der Waals surface area contributed by atoms with E-state index in [0.29, 0.717) is 5.56 Å². The minimum Gasteiger partial charge on any atom is -0.207 e. The first kappa shape index (κ1) is 11.4. The Balaban J connectivity index is 3.74. The predicted octanol–water partition coefficient (Wildman–Crippen LogP) is 2.08. The van der Waals surface area contributed by atoms with Crippen molar-refractivity contribution in [2.75, 3.05) is 0 Å². The van der Waals surface area contributed by atoms with E-state index in [1.807, 2.05) is 0 Å². The molecule has 0 amide bonds. The van der Waals surface area contributed by atoms with E-state index >= 15 is 0 Å². The molecule has 0 saturated heterocycles. The summed E-state index contributed by atoms with van der Waals surface area (Å²) in [6.07, 6.45) is 0. The molecule has 0 atom stereocenters. The van der Waals surface area contributed by atoms with E-state index in [1.54, 1.807) is 19.1 Å². The minimum absolute atomic E-state index is 0.0486. The van der Waals surface area contributed by atoms with Gasteiger partial charge in [-0.25, -0.2) is 8.42 Å². The second kappa shape index (κ2) is 3.81. The fourth-order valence-electron chi connectivity index (χ4n) is 1.06. The predicted molar refractivity (Wildman–Crippen MR) is 56.2 cm³/mol. The maximum atomic E-state index is 11.2. The van der Waals surface area contributed by atoms with E-state index in [2.05, 4.69) is 12.6 Å². The van der Waals surface area contributed by atoms with Gasteiger partial charge in [-0.05, 0) is 18.6 Å². The highest BCUT2D eigenvalue weighted by molar-refractivity contribution is 8.14. The molecule has 1 aromatic carbocycles. The quantitative estimate of drug-likeness (QED) is 0.611. The number of rotatable bonds is 1. The van der Waals surface area contributed by atoms with Crippen LogP contribution in [0.15, 0.2) is 21.9 Å². The first-order valence-corrected chi connectivity index (χ1v) is 6.31. The third-order valence-corrected chi connectivity index (χ3v) is 3.60. The highest BCUT2D eigenvalue weighted by atomic mass is 35.7. The summed E-state index contributed by atoms with van der Waals surface area (Å²) >= 11 is 3.95. The van der Waals surface area contributed by atoms with Crippen LogP contribution in [0.2, 0.25) is 0 Å². The first-order valence-electron chi connectivity index (χ1n) is 3.55. The van der Waals surface area contributed by atoms with E-state index < -0.39 is 9.05 Å². The van der Waals surface area contributed by atoms with Crippen LogP contribution in [0, 0.1) is 18.3 Å². The first-order chi connectivity index (χ1) is 6.38. The Labute approximate surface area is 92.1 Å². The zero-order valence-electron chi connectivity index (χ0n) is 7.15. The molecule has 0 aromatic heterocycles. The summed E-state index contributed by atoms with van der Waals surface area (Å²) in [6.45, 7) is 1.64. The van der Waals surface area contributed by atoms with Gasteiger partial charge in [0.15, 0.2) is 0 Å². The molecule has 0 bridgehead atoms. The van der Waals surface area contributed by atoms with E-state index in [1.165, 1.54) is 6.07 Å². The molecule has 0 spiro atoms. The van der Waals surface area contributed by atoms with Gasteiger partial charge in [0.2, 0.25) is 0 Å². The Morgan fingerprint density at radius 2 is 2.07 bits per heavy atom. The van der Waals surface area contributed by atoms with E-state index in [0.717, 1.165) is 0 Å². The molecule has 1 rings (SSSR count). The van der Waals surface area contributed by atoms with E-state index in [9.17, 15) is 8.42 Å². The summed E-state index contributed by atoms with van der Waals surface area (Å²) < 4.78 is 22.3. The zero-order valence-corrected chi connectivity index (χ0v) is 9.62. The summed E-state index contributed by atoms with van der Waals surface area (Å²) in [6, 6.07) is 4.91. The molecule has 0 aliphatic carbocycles. The smallest absolute Gasteiger partial charge is 0.207 e. The van der Waals surface area contributed by atoms with Gasteiger partial charge in [0.1, 0.15) is 11.0 Å². The lowest BCUT2D eigenvalue weighted by Crippen LogP contribution is -1.99. The van der Waals surface area contributed by atoms with Crippen molar-refractivity contribution >= 4 is 32.4 Å². The maximum Gasteiger partial charge on any atom is 0.263 e. The second-order valence-electron chi connectivity index (χ2n) is 2.66. The van der Waals surface area contributed by atoms with Gasteiger partial charge in [-0.3, -0.25) is 0 Å². The fourth-order valence-corrected chi connectivity index (χ4v) is 3.01. The Hall–Kier alpha value is -0.700. The van der Waals surface area contributed by atoms with Crippen molar-refractivity contribution in [3.8, 4) is 6.07 Å². The van der Waals surface area contributed by atoms with Crippen molar-refractivity contribution in [1.29, 1.82) is 5.26 Å². The van der Waals surface area contributed by atoms with Crippen LogP contribution in [0.5, 0.6) is 0 Å². The average Bonchev–Trinajstić information content (AvgIpc) is 2.06. The number of hydrogen-bond acceptors (Lipinski definition) is 4. The summed E-state index contributed by atoms with van der Waals surface area (Å²) in [5, 5.41) is 8.78. The Bertz CT molecular complexity index is 517. The van der Waals surface area contributed by atoms with Crippen molar-refractivity contribution < 1.29 is 8.42 Å². The number of benzene rings is 1. The highest BCUT2D eigenvalue weighted by Gasteiger charge is 2.20. The number of thiol groups is 1. The van der Waals surface area contributed by atoms with Crippen molar-refractivity contribution in [2.24, 2.45) is 0 Å². The molecule has 1 aromatic rings. The third-order valence-electron chi connectivity index (χ3n) is 1.70. The molecule has 0 heterocycles. The largest absolute Gasteiger partial charge is 0.263 e. The highest BCUT2D eigenvalue weighted by Crippen LogP contribution is 2.28. The van der Waals surface area contributed by atoms with Crippen LogP contribution in [-0.2, 0) is 9.05 Å². The molecule has 0 fully saturated rings. The summed E-state index contributed by atoms with van der Waals surface area (Å²) in [4.78, 5) is -0.0350. The van der Waals surface area contributed by atoms with Crippen LogP contribution in [-0.4, -0.2) is 8.42 Å². The monoisotopic (exact) mass is 247 g/mol. The van der Waals surface area contributed by atoms with Crippen molar-refractivity contribution in [1.82, 2.24) is 0 Å². The second-order valence-corrected chi connectivity index (χ2v) is 5.64. The van der Waals surface area contributed by atoms with Crippen LogP contribution in [0.25, 0.3) is 0 Å². The molecule has 0 N–H and O–H groups in total. The summed E-state index contributed by atoms with van der Waals surface area (Å²) in [5.74, 6) is 0. The third kappa shape index (κ3) is 2.03. The van der Waals surface area contributed by atoms with E-state index in [-0.39, 0.29) is 15.4 Å². The molecular formula is C8H6ClNO2S2.